The Morgan fingerprint density at radius 1 is 1.40 bits per heavy atom. The Labute approximate surface area is 119 Å². The summed E-state index contributed by atoms with van der Waals surface area (Å²) in [6.45, 7) is 6.49. The number of rotatable bonds is 6. The number of hydrogen-bond acceptors (Lipinski definition) is 2. The molecule has 1 aromatic heterocycles. The van der Waals surface area contributed by atoms with Crippen LogP contribution in [0.1, 0.15) is 62.3 Å². The number of imidazole rings is 1. The monoisotopic (exact) mass is 274 g/mol. The average Bonchev–Trinajstić information content (AvgIpc) is 2.82. The summed E-state index contributed by atoms with van der Waals surface area (Å²) >= 11 is 0. The fourth-order valence-corrected chi connectivity index (χ4v) is 2.65. The third-order valence-corrected chi connectivity index (χ3v) is 3.74. The molecule has 0 aliphatic heterocycles. The summed E-state index contributed by atoms with van der Waals surface area (Å²) < 4.78 is 2.26. The Bertz CT molecular complexity index is 616. The topological polar surface area (TPSA) is 55.1 Å². The molecule has 4 nitrogen and oxygen atoms in total. The van der Waals surface area contributed by atoms with Gasteiger partial charge in [0.05, 0.1) is 16.6 Å². The summed E-state index contributed by atoms with van der Waals surface area (Å²) in [5.41, 5.74) is 2.12. The number of aromatic nitrogens is 2. The van der Waals surface area contributed by atoms with Gasteiger partial charge in [-0.1, -0.05) is 26.7 Å². The van der Waals surface area contributed by atoms with Crippen LogP contribution < -0.4 is 0 Å². The Morgan fingerprint density at radius 2 is 2.15 bits per heavy atom. The zero-order chi connectivity index (χ0) is 14.7. The van der Waals surface area contributed by atoms with Crippen molar-refractivity contribution in [1.82, 2.24) is 9.55 Å². The third kappa shape index (κ3) is 2.69. The normalized spacial score (nSPS) is 12.8. The van der Waals surface area contributed by atoms with Crippen molar-refractivity contribution in [2.24, 2.45) is 0 Å². The van der Waals surface area contributed by atoms with Crippen molar-refractivity contribution >= 4 is 17.0 Å². The van der Waals surface area contributed by atoms with E-state index in [2.05, 4.69) is 30.3 Å². The number of aryl methyl sites for hydroxylation is 1. The lowest BCUT2D eigenvalue weighted by Crippen LogP contribution is -2.09. The SMILES string of the molecule is CCCCC(C)n1c(CC)nc2cc(C(=O)O)ccc21. The van der Waals surface area contributed by atoms with E-state index < -0.39 is 5.97 Å². The highest BCUT2D eigenvalue weighted by Crippen LogP contribution is 2.25. The van der Waals surface area contributed by atoms with E-state index in [0.717, 1.165) is 29.7 Å². The van der Waals surface area contributed by atoms with Gasteiger partial charge in [0.15, 0.2) is 0 Å². The molecule has 4 heteroatoms. The van der Waals surface area contributed by atoms with Crippen molar-refractivity contribution in [1.29, 1.82) is 0 Å². The molecule has 20 heavy (non-hydrogen) atoms. The molecule has 108 valence electrons. The van der Waals surface area contributed by atoms with E-state index in [9.17, 15) is 4.79 Å². The quantitative estimate of drug-likeness (QED) is 0.864. The summed E-state index contributed by atoms with van der Waals surface area (Å²) in [6.07, 6.45) is 4.35. The highest BCUT2D eigenvalue weighted by atomic mass is 16.4. The first kappa shape index (κ1) is 14.6. The van der Waals surface area contributed by atoms with Gasteiger partial charge in [-0.05, 0) is 31.5 Å². The van der Waals surface area contributed by atoms with Gasteiger partial charge in [-0.3, -0.25) is 0 Å². The minimum absolute atomic E-state index is 0.297. The van der Waals surface area contributed by atoms with Crippen LogP contribution in [-0.4, -0.2) is 20.6 Å². The first-order valence-electron chi connectivity index (χ1n) is 7.32. The molecule has 1 N–H and O–H groups in total. The average molecular weight is 274 g/mol. The fourth-order valence-electron chi connectivity index (χ4n) is 2.65. The van der Waals surface area contributed by atoms with Crippen LogP contribution in [0.2, 0.25) is 0 Å². The van der Waals surface area contributed by atoms with Gasteiger partial charge < -0.3 is 9.67 Å². The van der Waals surface area contributed by atoms with Crippen LogP contribution in [-0.2, 0) is 6.42 Å². The van der Waals surface area contributed by atoms with Crippen molar-refractivity contribution in [3.63, 3.8) is 0 Å². The molecule has 0 aliphatic rings. The summed E-state index contributed by atoms with van der Waals surface area (Å²) in [4.78, 5) is 15.6. The summed E-state index contributed by atoms with van der Waals surface area (Å²) in [5.74, 6) is 0.129. The fraction of sp³-hybridized carbons (Fsp3) is 0.500. The standard InChI is InChI=1S/C16H22N2O2/c1-4-6-7-11(3)18-14-9-8-12(16(19)20)10-13(14)17-15(18)5-2/h8-11H,4-7H2,1-3H3,(H,19,20). The number of fused-ring (bicyclic) bond motifs is 1. The van der Waals surface area contributed by atoms with E-state index in [0.29, 0.717) is 11.6 Å². The molecular formula is C16H22N2O2. The molecule has 0 fully saturated rings. The molecule has 0 saturated carbocycles. The maximum Gasteiger partial charge on any atom is 0.335 e. The van der Waals surface area contributed by atoms with Crippen LogP contribution in [0.3, 0.4) is 0 Å². The lowest BCUT2D eigenvalue weighted by molar-refractivity contribution is 0.0697. The molecule has 0 saturated heterocycles. The largest absolute Gasteiger partial charge is 0.478 e. The molecule has 2 rings (SSSR count). The Morgan fingerprint density at radius 3 is 2.75 bits per heavy atom. The highest BCUT2D eigenvalue weighted by molar-refractivity contribution is 5.92. The molecule has 2 aromatic rings. The van der Waals surface area contributed by atoms with Gasteiger partial charge in [0.25, 0.3) is 0 Å². The minimum atomic E-state index is -0.904. The van der Waals surface area contributed by atoms with Gasteiger partial charge in [0.1, 0.15) is 5.82 Å². The van der Waals surface area contributed by atoms with E-state index in [-0.39, 0.29) is 0 Å². The van der Waals surface area contributed by atoms with E-state index in [1.807, 2.05) is 6.07 Å². The maximum absolute atomic E-state index is 11.0. The van der Waals surface area contributed by atoms with Gasteiger partial charge >= 0.3 is 5.97 Å². The van der Waals surface area contributed by atoms with Gasteiger partial charge in [-0.2, -0.15) is 0 Å². The Kier molecular flexibility index (Phi) is 4.42. The Balaban J connectivity index is 2.49. The number of carboxylic acid groups (broad SMARTS) is 1. The number of unbranched alkanes of at least 4 members (excludes halogenated alkanes) is 1. The number of carboxylic acids is 1. The minimum Gasteiger partial charge on any atom is -0.478 e. The summed E-state index contributed by atoms with van der Waals surface area (Å²) in [6, 6.07) is 5.60. The zero-order valence-electron chi connectivity index (χ0n) is 12.4. The second-order valence-corrected chi connectivity index (χ2v) is 5.25. The lowest BCUT2D eigenvalue weighted by atomic mass is 10.1. The van der Waals surface area contributed by atoms with Crippen LogP contribution in [0.4, 0.5) is 0 Å². The lowest BCUT2D eigenvalue weighted by Gasteiger charge is -2.17. The van der Waals surface area contributed by atoms with E-state index in [1.54, 1.807) is 12.1 Å². The number of hydrogen-bond donors (Lipinski definition) is 1. The summed E-state index contributed by atoms with van der Waals surface area (Å²) in [5, 5.41) is 9.07. The van der Waals surface area contributed by atoms with Crippen LogP contribution in [0.5, 0.6) is 0 Å². The predicted octanol–water partition coefficient (Wildman–Crippen LogP) is 4.05. The van der Waals surface area contributed by atoms with Crippen molar-refractivity contribution in [3.8, 4) is 0 Å². The van der Waals surface area contributed by atoms with Gasteiger partial charge in [-0.15, -0.1) is 0 Å². The highest BCUT2D eigenvalue weighted by Gasteiger charge is 2.15. The van der Waals surface area contributed by atoms with E-state index >= 15 is 0 Å². The van der Waals surface area contributed by atoms with Gasteiger partial charge in [0.2, 0.25) is 0 Å². The molecule has 0 amide bonds. The van der Waals surface area contributed by atoms with Crippen LogP contribution in [0.25, 0.3) is 11.0 Å². The van der Waals surface area contributed by atoms with Crippen LogP contribution >= 0.6 is 0 Å². The molecule has 1 heterocycles. The van der Waals surface area contributed by atoms with Crippen molar-refractivity contribution < 1.29 is 9.90 Å². The number of carbonyl (C=O) groups is 1. The first-order valence-corrected chi connectivity index (χ1v) is 7.32. The van der Waals surface area contributed by atoms with Crippen molar-refractivity contribution in [2.75, 3.05) is 0 Å². The van der Waals surface area contributed by atoms with Crippen molar-refractivity contribution in [2.45, 2.75) is 52.5 Å². The number of aromatic carboxylic acids is 1. The van der Waals surface area contributed by atoms with Crippen LogP contribution in [0.15, 0.2) is 18.2 Å². The molecule has 0 radical (unpaired) electrons. The smallest absolute Gasteiger partial charge is 0.335 e. The molecule has 1 atom stereocenters. The number of nitrogens with zero attached hydrogens (tertiary/aromatic N) is 2. The third-order valence-electron chi connectivity index (χ3n) is 3.74. The molecule has 0 bridgehead atoms. The maximum atomic E-state index is 11.0. The second kappa shape index (κ2) is 6.07. The van der Waals surface area contributed by atoms with Gasteiger partial charge in [-0.25, -0.2) is 9.78 Å². The van der Waals surface area contributed by atoms with Gasteiger partial charge in [0, 0.05) is 12.5 Å². The predicted molar refractivity (Wildman–Crippen MR) is 80.3 cm³/mol. The molecule has 0 aliphatic carbocycles. The Hall–Kier alpha value is -1.84. The summed E-state index contributed by atoms with van der Waals surface area (Å²) in [7, 11) is 0. The molecule has 0 spiro atoms. The molecule has 1 unspecified atom stereocenters. The van der Waals surface area contributed by atoms with Crippen LogP contribution in [0, 0.1) is 0 Å². The molecular weight excluding hydrogens is 252 g/mol. The first-order chi connectivity index (χ1) is 9.58. The van der Waals surface area contributed by atoms with E-state index in [1.165, 1.54) is 12.8 Å². The zero-order valence-corrected chi connectivity index (χ0v) is 12.4. The number of benzene rings is 1. The van der Waals surface area contributed by atoms with Crippen molar-refractivity contribution in [3.05, 3.63) is 29.6 Å². The second-order valence-electron chi connectivity index (χ2n) is 5.25. The molecule has 1 aromatic carbocycles. The van der Waals surface area contributed by atoms with E-state index in [4.69, 9.17) is 5.11 Å².